The predicted molar refractivity (Wildman–Crippen MR) is 195 cm³/mol. The molecule has 0 aromatic carbocycles. The topological polar surface area (TPSA) is 215 Å². The minimum atomic E-state index is -1.67. The van der Waals surface area contributed by atoms with Crippen molar-refractivity contribution in [1.82, 2.24) is 10.6 Å². The molecule has 1 heterocycles. The molecule has 1 fully saturated rings. The molecule has 1 rings (SSSR count). The second-order valence-electron chi connectivity index (χ2n) is 14.3. The molecule has 6 unspecified atom stereocenters. The Bertz CT molecular complexity index is 911. The molecule has 2 amide bonds. The number of hydrogen-bond donors (Lipinski definition) is 8. The first-order valence-corrected chi connectivity index (χ1v) is 20.0. The maximum absolute atomic E-state index is 12.8. The Morgan fingerprint density at radius 1 is 0.647 bits per heavy atom. The summed E-state index contributed by atoms with van der Waals surface area (Å²) in [4.78, 5) is 35.7. The normalized spacial score (nSPS) is 22.3. The summed E-state index contributed by atoms with van der Waals surface area (Å²) >= 11 is 0. The highest BCUT2D eigenvalue weighted by atomic mass is 16.7. The van der Waals surface area contributed by atoms with Crippen molar-refractivity contribution in [2.75, 3.05) is 13.2 Å². The van der Waals surface area contributed by atoms with Crippen LogP contribution in [0.2, 0.25) is 0 Å². The van der Waals surface area contributed by atoms with Gasteiger partial charge >= 0.3 is 5.97 Å². The van der Waals surface area contributed by atoms with Gasteiger partial charge in [0.2, 0.25) is 11.8 Å². The standard InChI is InChI=1S/C38H72N2O11/c1-3-5-7-9-10-11-12-13-14-15-17-18-22-29(41)34(46)28(40-32(43)24-19-16-8-6-4-2)27-50-38-37(49)36(48)35(47)30(51-38)26-39-31(42)23-20-21-25-33(44)45/h28-30,34-38,41,46-49H,3-27H2,1-2H3,(H,39,42)(H,40,43)(H,44,45)/t28-,29+,30?,34?,35?,36?,37?,38?/m0/s1. The van der Waals surface area contributed by atoms with Crippen LogP contribution < -0.4 is 10.6 Å². The molecule has 0 aromatic rings. The molecule has 13 nitrogen and oxygen atoms in total. The fraction of sp³-hybridized carbons (Fsp3) is 0.921. The lowest BCUT2D eigenvalue weighted by Crippen LogP contribution is -2.61. The number of carboxylic acids is 1. The van der Waals surface area contributed by atoms with Gasteiger partial charge in [0.05, 0.1) is 18.8 Å². The lowest BCUT2D eigenvalue weighted by molar-refractivity contribution is -0.297. The van der Waals surface area contributed by atoms with Crippen LogP contribution >= 0.6 is 0 Å². The molecule has 300 valence electrons. The van der Waals surface area contributed by atoms with Gasteiger partial charge in [-0.2, -0.15) is 0 Å². The summed E-state index contributed by atoms with van der Waals surface area (Å²) in [5, 5.41) is 67.7. The van der Waals surface area contributed by atoms with Gasteiger partial charge in [0, 0.05) is 25.8 Å². The van der Waals surface area contributed by atoms with Gasteiger partial charge in [-0.15, -0.1) is 0 Å². The van der Waals surface area contributed by atoms with Crippen LogP contribution in [0.15, 0.2) is 0 Å². The molecule has 0 aromatic heterocycles. The molecule has 51 heavy (non-hydrogen) atoms. The highest BCUT2D eigenvalue weighted by Crippen LogP contribution is 2.23. The molecule has 0 saturated carbocycles. The van der Waals surface area contributed by atoms with Crippen LogP contribution in [0.1, 0.15) is 162 Å². The number of aliphatic hydroxyl groups is 5. The molecule has 0 aliphatic carbocycles. The smallest absolute Gasteiger partial charge is 0.303 e. The monoisotopic (exact) mass is 733 g/mol. The van der Waals surface area contributed by atoms with Crippen molar-refractivity contribution < 1.29 is 54.5 Å². The maximum atomic E-state index is 12.8. The molecular formula is C38H72N2O11. The van der Waals surface area contributed by atoms with Gasteiger partial charge in [-0.1, -0.05) is 117 Å². The lowest BCUT2D eigenvalue weighted by atomic mass is 9.98. The minimum Gasteiger partial charge on any atom is -0.481 e. The number of hydrogen-bond acceptors (Lipinski definition) is 10. The van der Waals surface area contributed by atoms with Gasteiger partial charge in [-0.05, 0) is 25.7 Å². The van der Waals surface area contributed by atoms with Crippen LogP contribution in [0.25, 0.3) is 0 Å². The Morgan fingerprint density at radius 2 is 1.14 bits per heavy atom. The van der Waals surface area contributed by atoms with Crippen molar-refractivity contribution in [3.8, 4) is 0 Å². The quantitative estimate of drug-likeness (QED) is 0.0458. The molecule has 8 atom stereocenters. The van der Waals surface area contributed by atoms with Crippen molar-refractivity contribution in [3.05, 3.63) is 0 Å². The van der Waals surface area contributed by atoms with E-state index in [4.69, 9.17) is 14.6 Å². The summed E-state index contributed by atoms with van der Waals surface area (Å²) in [5.41, 5.74) is 0. The zero-order valence-corrected chi connectivity index (χ0v) is 31.5. The Morgan fingerprint density at radius 3 is 1.71 bits per heavy atom. The molecule has 1 saturated heterocycles. The zero-order valence-electron chi connectivity index (χ0n) is 31.5. The Balaban J connectivity index is 2.67. The van der Waals surface area contributed by atoms with Gasteiger partial charge < -0.3 is 50.7 Å². The summed E-state index contributed by atoms with van der Waals surface area (Å²) in [6, 6.07) is -1.04. The molecule has 0 radical (unpaired) electrons. The number of carboxylic acid groups (broad SMARTS) is 1. The summed E-state index contributed by atoms with van der Waals surface area (Å²) in [5.74, 6) is -1.64. The van der Waals surface area contributed by atoms with Crippen LogP contribution in [-0.2, 0) is 23.9 Å². The highest BCUT2D eigenvalue weighted by molar-refractivity contribution is 5.76. The van der Waals surface area contributed by atoms with Crippen LogP contribution in [-0.4, -0.2) is 111 Å². The van der Waals surface area contributed by atoms with Gasteiger partial charge in [-0.25, -0.2) is 0 Å². The van der Waals surface area contributed by atoms with Gasteiger partial charge in [0.25, 0.3) is 0 Å². The molecule has 1 aliphatic rings. The number of amides is 2. The van der Waals surface area contributed by atoms with E-state index in [9.17, 15) is 39.9 Å². The third kappa shape index (κ3) is 22.1. The third-order valence-corrected chi connectivity index (χ3v) is 9.67. The number of aliphatic carboxylic acids is 1. The van der Waals surface area contributed by atoms with E-state index < -0.39 is 60.8 Å². The first-order valence-electron chi connectivity index (χ1n) is 20.0. The van der Waals surface area contributed by atoms with Crippen LogP contribution in [0, 0.1) is 0 Å². The van der Waals surface area contributed by atoms with E-state index in [1.165, 1.54) is 51.4 Å². The van der Waals surface area contributed by atoms with Crippen LogP contribution in [0.5, 0.6) is 0 Å². The molecule has 13 heteroatoms. The van der Waals surface area contributed by atoms with Crippen molar-refractivity contribution in [3.63, 3.8) is 0 Å². The summed E-state index contributed by atoms with van der Waals surface area (Å²) in [6.45, 7) is 3.77. The average molecular weight is 733 g/mol. The fourth-order valence-corrected chi connectivity index (χ4v) is 6.31. The van der Waals surface area contributed by atoms with Crippen LogP contribution in [0.3, 0.4) is 0 Å². The van der Waals surface area contributed by atoms with Gasteiger partial charge in [0.15, 0.2) is 6.29 Å². The highest BCUT2D eigenvalue weighted by Gasteiger charge is 2.45. The van der Waals surface area contributed by atoms with E-state index in [1.54, 1.807) is 0 Å². The largest absolute Gasteiger partial charge is 0.481 e. The zero-order chi connectivity index (χ0) is 37.9. The second kappa shape index (κ2) is 29.6. The fourth-order valence-electron chi connectivity index (χ4n) is 6.31. The van der Waals surface area contributed by atoms with Crippen molar-refractivity contribution in [1.29, 1.82) is 0 Å². The number of ether oxygens (including phenoxy) is 2. The van der Waals surface area contributed by atoms with Crippen molar-refractivity contribution in [2.24, 2.45) is 0 Å². The number of nitrogens with one attached hydrogen (secondary N) is 2. The first kappa shape index (κ1) is 47.2. The van der Waals surface area contributed by atoms with Crippen molar-refractivity contribution in [2.45, 2.75) is 210 Å². The van der Waals surface area contributed by atoms with E-state index in [-0.39, 0.29) is 38.3 Å². The summed E-state index contributed by atoms with van der Waals surface area (Å²) in [6.07, 6.45) is 10.2. The molecule has 0 spiro atoms. The molecule has 8 N–H and O–H groups in total. The maximum Gasteiger partial charge on any atom is 0.303 e. The van der Waals surface area contributed by atoms with Gasteiger partial charge in [0.1, 0.15) is 30.5 Å². The summed E-state index contributed by atoms with van der Waals surface area (Å²) in [7, 11) is 0. The average Bonchev–Trinajstić information content (AvgIpc) is 3.10. The van der Waals surface area contributed by atoms with E-state index in [0.717, 1.165) is 51.4 Å². The number of carbonyl (C=O) groups is 3. The Kier molecular flexibility index (Phi) is 27.3. The second-order valence-corrected chi connectivity index (χ2v) is 14.3. The number of aliphatic hydroxyl groups excluding tert-OH is 5. The lowest BCUT2D eigenvalue weighted by Gasteiger charge is -2.41. The predicted octanol–water partition coefficient (Wildman–Crippen LogP) is 4.23. The molecular weight excluding hydrogens is 660 g/mol. The first-order chi connectivity index (χ1) is 24.5. The Hall–Kier alpha value is -1.87. The SMILES string of the molecule is CCCCCCCCCCCCCC[C@@H](O)C(O)[C@H](COC1OC(CNC(=O)CCCCC(=O)O)C(O)C(O)C1O)NC(=O)CCCCCCC. The number of rotatable bonds is 32. The third-order valence-electron chi connectivity index (χ3n) is 9.67. The van der Waals surface area contributed by atoms with Crippen molar-refractivity contribution >= 4 is 17.8 Å². The van der Waals surface area contributed by atoms with Crippen LogP contribution in [0.4, 0.5) is 0 Å². The van der Waals surface area contributed by atoms with E-state index in [0.29, 0.717) is 25.7 Å². The summed E-state index contributed by atoms with van der Waals surface area (Å²) < 4.78 is 11.5. The van der Waals surface area contributed by atoms with E-state index in [2.05, 4.69) is 24.5 Å². The van der Waals surface area contributed by atoms with E-state index >= 15 is 0 Å². The van der Waals surface area contributed by atoms with Gasteiger partial charge in [-0.3, -0.25) is 14.4 Å². The minimum absolute atomic E-state index is 0.0492. The number of unbranched alkanes of at least 4 members (excludes halogenated alkanes) is 16. The number of carbonyl (C=O) groups excluding carboxylic acids is 2. The Labute approximate surface area is 306 Å². The van der Waals surface area contributed by atoms with E-state index in [1.807, 2.05) is 0 Å². The molecule has 0 bridgehead atoms. The molecule has 1 aliphatic heterocycles.